The van der Waals surface area contributed by atoms with Crippen molar-refractivity contribution < 1.29 is 9.59 Å². The third-order valence-electron chi connectivity index (χ3n) is 4.31. The first-order chi connectivity index (χ1) is 12.5. The second-order valence-electron chi connectivity index (χ2n) is 6.09. The molecule has 0 spiro atoms. The number of carbonyl (C=O) groups is 2. The van der Waals surface area contributed by atoms with Gasteiger partial charge >= 0.3 is 0 Å². The fourth-order valence-corrected chi connectivity index (χ4v) is 4.89. The summed E-state index contributed by atoms with van der Waals surface area (Å²) in [4.78, 5) is 25.4. The van der Waals surface area contributed by atoms with E-state index in [1.807, 2.05) is 0 Å². The van der Waals surface area contributed by atoms with Crippen molar-refractivity contribution in [2.24, 2.45) is 5.73 Å². The molecule has 0 unspecified atom stereocenters. The van der Waals surface area contributed by atoms with E-state index >= 15 is 0 Å². The summed E-state index contributed by atoms with van der Waals surface area (Å²) in [7, 11) is 0. The number of amides is 2. The summed E-state index contributed by atoms with van der Waals surface area (Å²) < 4.78 is 0. The molecule has 7 heteroatoms. The maximum absolute atomic E-state index is 12.3. The summed E-state index contributed by atoms with van der Waals surface area (Å²) in [6.45, 7) is 0. The van der Waals surface area contributed by atoms with Gasteiger partial charge in [-0.25, -0.2) is 0 Å². The molecule has 1 heterocycles. The van der Waals surface area contributed by atoms with E-state index in [1.165, 1.54) is 17.4 Å². The predicted octanol–water partition coefficient (Wildman–Crippen LogP) is 5.07. The first-order valence-electron chi connectivity index (χ1n) is 8.34. The van der Waals surface area contributed by atoms with Gasteiger partial charge in [0.25, 0.3) is 5.91 Å². The zero-order chi connectivity index (χ0) is 18.7. The fourth-order valence-electron chi connectivity index (χ4n) is 3.07. The Balaban J connectivity index is 1.83. The number of hydrogen-bond acceptors (Lipinski definition) is 3. The Morgan fingerprint density at radius 1 is 1.12 bits per heavy atom. The number of fused-ring (bicyclic) bond motifs is 1. The third kappa shape index (κ3) is 4.11. The van der Waals surface area contributed by atoms with E-state index in [2.05, 4.69) is 5.32 Å². The van der Waals surface area contributed by atoms with E-state index in [4.69, 9.17) is 28.9 Å². The zero-order valence-corrected chi connectivity index (χ0v) is 16.3. The molecule has 1 aromatic heterocycles. The van der Waals surface area contributed by atoms with Crippen LogP contribution < -0.4 is 11.1 Å². The number of thiophene rings is 1. The van der Waals surface area contributed by atoms with Crippen molar-refractivity contribution in [3.63, 3.8) is 0 Å². The highest BCUT2D eigenvalue weighted by molar-refractivity contribution is 7.17. The lowest BCUT2D eigenvalue weighted by molar-refractivity contribution is -0.111. The van der Waals surface area contributed by atoms with Crippen LogP contribution in [0.3, 0.4) is 0 Å². The van der Waals surface area contributed by atoms with Gasteiger partial charge in [-0.15, -0.1) is 11.3 Å². The van der Waals surface area contributed by atoms with Crippen LogP contribution in [-0.4, -0.2) is 11.8 Å². The number of hydrogen-bond donors (Lipinski definition) is 2. The van der Waals surface area contributed by atoms with Gasteiger partial charge in [0, 0.05) is 26.6 Å². The highest BCUT2D eigenvalue weighted by Crippen LogP contribution is 2.37. The Morgan fingerprint density at radius 2 is 1.81 bits per heavy atom. The minimum Gasteiger partial charge on any atom is -0.365 e. The molecule has 0 fully saturated rings. The SMILES string of the molecule is NC(=O)c1c(NC(=O)/C=C/c2c(Cl)cccc2Cl)sc2c1CCCCC2. The molecule has 1 aromatic carbocycles. The number of nitrogens with one attached hydrogen (secondary N) is 1. The molecule has 3 N–H and O–H groups in total. The lowest BCUT2D eigenvalue weighted by Gasteiger charge is -2.05. The lowest BCUT2D eigenvalue weighted by Crippen LogP contribution is -2.16. The number of benzene rings is 1. The van der Waals surface area contributed by atoms with E-state index in [0.29, 0.717) is 26.2 Å². The van der Waals surface area contributed by atoms with Gasteiger partial charge in [-0.1, -0.05) is 35.7 Å². The molecule has 4 nitrogen and oxygen atoms in total. The van der Waals surface area contributed by atoms with E-state index in [-0.39, 0.29) is 5.91 Å². The van der Waals surface area contributed by atoms with Crippen molar-refractivity contribution >= 4 is 57.4 Å². The molecular weight excluding hydrogens is 391 g/mol. The minimum absolute atomic E-state index is 0.361. The number of carbonyl (C=O) groups excluding carboxylic acids is 2. The van der Waals surface area contributed by atoms with Gasteiger partial charge in [-0.2, -0.15) is 0 Å². The quantitative estimate of drug-likeness (QED) is 0.546. The van der Waals surface area contributed by atoms with Crippen LogP contribution in [0.15, 0.2) is 24.3 Å². The summed E-state index contributed by atoms with van der Waals surface area (Å²) in [5.74, 6) is -0.863. The molecule has 0 saturated carbocycles. The molecule has 2 amide bonds. The Hall–Kier alpha value is -1.82. The molecule has 0 bridgehead atoms. The van der Waals surface area contributed by atoms with Crippen LogP contribution >= 0.6 is 34.5 Å². The van der Waals surface area contributed by atoms with Gasteiger partial charge in [0.2, 0.25) is 5.91 Å². The molecule has 0 radical (unpaired) electrons. The van der Waals surface area contributed by atoms with E-state index in [1.54, 1.807) is 24.3 Å². The molecule has 136 valence electrons. The van der Waals surface area contributed by atoms with Crippen LogP contribution in [0.25, 0.3) is 6.08 Å². The summed E-state index contributed by atoms with van der Waals surface area (Å²) in [5.41, 5.74) is 7.59. The number of aryl methyl sites for hydroxylation is 1. The third-order valence-corrected chi connectivity index (χ3v) is 6.17. The molecule has 2 aromatic rings. The average molecular weight is 409 g/mol. The van der Waals surface area contributed by atoms with Crippen molar-refractivity contribution in [3.8, 4) is 0 Å². The highest BCUT2D eigenvalue weighted by Gasteiger charge is 2.23. The highest BCUT2D eigenvalue weighted by atomic mass is 35.5. The van der Waals surface area contributed by atoms with E-state index < -0.39 is 5.91 Å². The van der Waals surface area contributed by atoms with Gasteiger partial charge in [0.1, 0.15) is 5.00 Å². The Labute approximate surface area is 166 Å². The van der Waals surface area contributed by atoms with Gasteiger partial charge in [0.15, 0.2) is 0 Å². The summed E-state index contributed by atoms with van der Waals surface area (Å²) in [6, 6.07) is 5.14. The van der Waals surface area contributed by atoms with Gasteiger partial charge < -0.3 is 11.1 Å². The largest absolute Gasteiger partial charge is 0.365 e. The van der Waals surface area contributed by atoms with E-state index in [9.17, 15) is 9.59 Å². The second kappa shape index (κ2) is 8.25. The molecule has 0 aliphatic heterocycles. The number of primary amides is 1. The lowest BCUT2D eigenvalue weighted by atomic mass is 10.1. The smallest absolute Gasteiger partial charge is 0.251 e. The average Bonchev–Trinajstić information content (AvgIpc) is 2.75. The fraction of sp³-hybridized carbons (Fsp3) is 0.263. The van der Waals surface area contributed by atoms with Crippen LogP contribution in [0.4, 0.5) is 5.00 Å². The summed E-state index contributed by atoms with van der Waals surface area (Å²) >= 11 is 13.6. The van der Waals surface area contributed by atoms with Crippen molar-refractivity contribution in [2.45, 2.75) is 32.1 Å². The normalized spacial score (nSPS) is 14.1. The molecular formula is C19H18Cl2N2O2S. The van der Waals surface area contributed by atoms with Gasteiger partial charge in [0.05, 0.1) is 5.56 Å². The van der Waals surface area contributed by atoms with Gasteiger partial charge in [-0.3, -0.25) is 9.59 Å². The van der Waals surface area contributed by atoms with Crippen LogP contribution in [0, 0.1) is 0 Å². The topological polar surface area (TPSA) is 72.2 Å². The molecule has 26 heavy (non-hydrogen) atoms. The van der Waals surface area contributed by atoms with Crippen LogP contribution in [-0.2, 0) is 17.6 Å². The molecule has 1 aliphatic rings. The predicted molar refractivity (Wildman–Crippen MR) is 108 cm³/mol. The van der Waals surface area contributed by atoms with Crippen molar-refractivity contribution in [1.29, 1.82) is 0 Å². The number of rotatable bonds is 4. The first kappa shape index (κ1) is 19.0. The maximum Gasteiger partial charge on any atom is 0.251 e. The zero-order valence-electron chi connectivity index (χ0n) is 14.0. The van der Waals surface area contributed by atoms with Crippen molar-refractivity contribution in [3.05, 3.63) is 55.9 Å². The van der Waals surface area contributed by atoms with E-state index in [0.717, 1.165) is 42.5 Å². The Morgan fingerprint density at radius 3 is 2.50 bits per heavy atom. The summed E-state index contributed by atoms with van der Waals surface area (Å²) in [6.07, 6.45) is 7.91. The monoisotopic (exact) mass is 408 g/mol. The Kier molecular flexibility index (Phi) is 6.01. The molecule has 0 atom stereocenters. The number of anilines is 1. The first-order valence-corrected chi connectivity index (χ1v) is 9.92. The Bertz CT molecular complexity index is 870. The van der Waals surface area contributed by atoms with Crippen LogP contribution in [0.2, 0.25) is 10.0 Å². The second-order valence-corrected chi connectivity index (χ2v) is 8.01. The van der Waals surface area contributed by atoms with Crippen molar-refractivity contribution in [2.75, 3.05) is 5.32 Å². The maximum atomic E-state index is 12.3. The molecule has 3 rings (SSSR count). The molecule has 0 saturated heterocycles. The minimum atomic E-state index is -0.502. The standard InChI is InChI=1S/C19H18Cl2N2O2S/c20-13-6-4-7-14(21)11(13)9-10-16(24)23-19-17(18(22)25)12-5-2-1-3-8-15(12)26-19/h4,6-7,9-10H,1-3,5,8H2,(H2,22,25)(H,23,24)/b10-9+. The van der Waals surface area contributed by atoms with Crippen LogP contribution in [0.5, 0.6) is 0 Å². The van der Waals surface area contributed by atoms with Crippen molar-refractivity contribution in [1.82, 2.24) is 0 Å². The summed E-state index contributed by atoms with van der Waals surface area (Å²) in [5, 5.41) is 4.22. The number of nitrogens with two attached hydrogens (primary N) is 1. The number of halogens is 2. The molecule has 1 aliphatic carbocycles. The van der Waals surface area contributed by atoms with Gasteiger partial charge in [-0.05, 0) is 49.5 Å². The van der Waals surface area contributed by atoms with Crippen LogP contribution in [0.1, 0.15) is 45.6 Å².